The molecule has 0 aromatic carbocycles. The molecule has 1 atom stereocenters. The summed E-state index contributed by atoms with van der Waals surface area (Å²) in [5.41, 5.74) is 0. The van der Waals surface area contributed by atoms with Gasteiger partial charge in [0.05, 0.1) is 13.2 Å². The number of amides is 1. The molecule has 4 nitrogen and oxygen atoms in total. The van der Waals surface area contributed by atoms with Gasteiger partial charge < -0.3 is 14.7 Å². The lowest BCUT2D eigenvalue weighted by Gasteiger charge is -2.30. The van der Waals surface area contributed by atoms with Crippen LogP contribution in [-0.4, -0.2) is 48.3 Å². The fourth-order valence-corrected chi connectivity index (χ4v) is 1.00. The van der Waals surface area contributed by atoms with Crippen molar-refractivity contribution in [1.29, 1.82) is 0 Å². The van der Waals surface area contributed by atoms with Gasteiger partial charge in [-0.05, 0) is 0 Å². The molecule has 1 rings (SSSR count). The number of hydrogen-bond acceptors (Lipinski definition) is 2. The summed E-state index contributed by atoms with van der Waals surface area (Å²) in [7, 11) is 0. The monoisotopic (exact) mass is 181 g/mol. The van der Waals surface area contributed by atoms with Gasteiger partial charge in [0, 0.05) is 6.54 Å². The second kappa shape index (κ2) is 3.66. The second-order valence-corrected chi connectivity index (χ2v) is 2.47. The smallest absolute Gasteiger partial charge is 0.407 e. The first-order chi connectivity index (χ1) is 5.61. The zero-order valence-electron chi connectivity index (χ0n) is 6.24. The molecule has 1 aliphatic heterocycles. The van der Waals surface area contributed by atoms with Gasteiger partial charge in [0.2, 0.25) is 0 Å². The van der Waals surface area contributed by atoms with Crippen molar-refractivity contribution in [2.24, 2.45) is 0 Å². The van der Waals surface area contributed by atoms with Crippen molar-refractivity contribution in [3.8, 4) is 0 Å². The predicted octanol–water partition coefficient (Wildman–Crippen LogP) is 0.630. The normalized spacial score (nSPS) is 24.6. The molecule has 0 aliphatic carbocycles. The first kappa shape index (κ1) is 9.18. The first-order valence-electron chi connectivity index (χ1n) is 3.49. The van der Waals surface area contributed by atoms with Gasteiger partial charge in [0.15, 0.2) is 0 Å². The zero-order chi connectivity index (χ0) is 9.14. The van der Waals surface area contributed by atoms with Crippen LogP contribution in [0.25, 0.3) is 0 Å². The summed E-state index contributed by atoms with van der Waals surface area (Å²) >= 11 is 0. The van der Waals surface area contributed by atoms with Gasteiger partial charge in [-0.25, -0.2) is 13.6 Å². The molecule has 6 heteroatoms. The Kier molecular flexibility index (Phi) is 2.80. The van der Waals surface area contributed by atoms with Crippen LogP contribution in [0.3, 0.4) is 0 Å². The van der Waals surface area contributed by atoms with E-state index in [-0.39, 0.29) is 19.7 Å². The third-order valence-corrected chi connectivity index (χ3v) is 1.65. The molecule has 70 valence electrons. The highest BCUT2D eigenvalue weighted by atomic mass is 19.3. The second-order valence-electron chi connectivity index (χ2n) is 2.47. The average Bonchev–Trinajstić information content (AvgIpc) is 2.04. The Morgan fingerprint density at radius 1 is 1.67 bits per heavy atom. The van der Waals surface area contributed by atoms with Crippen LogP contribution in [-0.2, 0) is 4.74 Å². The van der Waals surface area contributed by atoms with E-state index in [0.29, 0.717) is 0 Å². The number of carboxylic acid groups (broad SMARTS) is 1. The molecule has 0 aromatic rings. The number of hydrogen-bond donors (Lipinski definition) is 1. The van der Waals surface area contributed by atoms with Gasteiger partial charge in [-0.1, -0.05) is 0 Å². The van der Waals surface area contributed by atoms with Crippen molar-refractivity contribution in [1.82, 2.24) is 4.90 Å². The topological polar surface area (TPSA) is 49.8 Å². The highest BCUT2D eigenvalue weighted by molar-refractivity contribution is 5.65. The lowest BCUT2D eigenvalue weighted by Crippen LogP contribution is -2.47. The summed E-state index contributed by atoms with van der Waals surface area (Å²) in [5.74, 6) is 0. The molecule has 0 aromatic heterocycles. The molecule has 0 saturated carbocycles. The van der Waals surface area contributed by atoms with E-state index >= 15 is 0 Å². The Morgan fingerprint density at radius 3 is 2.83 bits per heavy atom. The van der Waals surface area contributed by atoms with Crippen LogP contribution < -0.4 is 0 Å². The molecule has 0 radical (unpaired) electrons. The van der Waals surface area contributed by atoms with Crippen LogP contribution in [0, 0.1) is 0 Å². The maximum atomic E-state index is 12.0. The number of ether oxygens (including phenoxy) is 1. The summed E-state index contributed by atoms with van der Waals surface area (Å²) in [4.78, 5) is 11.3. The van der Waals surface area contributed by atoms with E-state index in [4.69, 9.17) is 5.11 Å². The molecule has 1 saturated heterocycles. The fourth-order valence-electron chi connectivity index (χ4n) is 1.00. The van der Waals surface area contributed by atoms with Crippen molar-refractivity contribution in [2.45, 2.75) is 12.5 Å². The Hall–Kier alpha value is -0.910. The molecular formula is C6H9F2NO3. The minimum Gasteiger partial charge on any atom is -0.465 e. The van der Waals surface area contributed by atoms with E-state index in [1.54, 1.807) is 0 Å². The third kappa shape index (κ3) is 2.04. The fraction of sp³-hybridized carbons (Fsp3) is 0.833. The van der Waals surface area contributed by atoms with Crippen LogP contribution in [0.2, 0.25) is 0 Å². The minimum absolute atomic E-state index is 0.0430. The van der Waals surface area contributed by atoms with Crippen LogP contribution in [0.15, 0.2) is 0 Å². The van der Waals surface area contributed by atoms with Crippen molar-refractivity contribution in [2.75, 3.05) is 19.7 Å². The van der Waals surface area contributed by atoms with Gasteiger partial charge >= 0.3 is 6.09 Å². The van der Waals surface area contributed by atoms with Gasteiger partial charge in [0.1, 0.15) is 6.10 Å². The molecule has 1 amide bonds. The number of nitrogens with zero attached hydrogens (tertiary/aromatic N) is 1. The molecular weight excluding hydrogens is 172 g/mol. The van der Waals surface area contributed by atoms with Crippen LogP contribution in [0.4, 0.5) is 13.6 Å². The van der Waals surface area contributed by atoms with Gasteiger partial charge in [0.25, 0.3) is 6.43 Å². The molecule has 0 spiro atoms. The van der Waals surface area contributed by atoms with Gasteiger partial charge in [-0.3, -0.25) is 0 Å². The summed E-state index contributed by atoms with van der Waals surface area (Å²) in [5, 5.41) is 8.46. The van der Waals surface area contributed by atoms with E-state index in [2.05, 4.69) is 4.74 Å². The molecule has 1 fully saturated rings. The van der Waals surface area contributed by atoms with E-state index < -0.39 is 18.6 Å². The maximum Gasteiger partial charge on any atom is 0.407 e. The Labute approximate surface area is 67.7 Å². The maximum absolute atomic E-state index is 12.0. The van der Waals surface area contributed by atoms with Crippen LogP contribution >= 0.6 is 0 Å². The summed E-state index contributed by atoms with van der Waals surface area (Å²) < 4.78 is 28.7. The molecule has 1 heterocycles. The number of alkyl halides is 2. The number of rotatable bonds is 1. The van der Waals surface area contributed by atoms with Crippen molar-refractivity contribution in [3.05, 3.63) is 0 Å². The van der Waals surface area contributed by atoms with E-state index in [0.717, 1.165) is 4.90 Å². The van der Waals surface area contributed by atoms with Crippen LogP contribution in [0.5, 0.6) is 0 Å². The Balaban J connectivity index is 2.46. The quantitative estimate of drug-likeness (QED) is 0.645. The summed E-state index contributed by atoms with van der Waals surface area (Å²) in [6.07, 6.45) is -5.06. The Morgan fingerprint density at radius 2 is 2.33 bits per heavy atom. The highest BCUT2D eigenvalue weighted by Crippen LogP contribution is 2.12. The van der Waals surface area contributed by atoms with Crippen molar-refractivity contribution >= 4 is 6.09 Å². The van der Waals surface area contributed by atoms with Crippen molar-refractivity contribution in [3.63, 3.8) is 0 Å². The first-order valence-corrected chi connectivity index (χ1v) is 3.49. The van der Waals surface area contributed by atoms with E-state index in [9.17, 15) is 13.6 Å². The lowest BCUT2D eigenvalue weighted by molar-refractivity contribution is -0.0958. The predicted molar refractivity (Wildman–Crippen MR) is 35.3 cm³/mol. The lowest BCUT2D eigenvalue weighted by atomic mass is 10.3. The largest absolute Gasteiger partial charge is 0.465 e. The SMILES string of the molecule is O=C(O)N1CCO[C@H](C(F)F)C1. The van der Waals surface area contributed by atoms with E-state index in [1.165, 1.54) is 0 Å². The van der Waals surface area contributed by atoms with Gasteiger partial charge in [-0.15, -0.1) is 0 Å². The summed E-state index contributed by atoms with van der Waals surface area (Å²) in [6, 6.07) is 0. The zero-order valence-corrected chi connectivity index (χ0v) is 6.24. The number of halogens is 2. The summed E-state index contributed by atoms with van der Waals surface area (Å²) in [6.45, 7) is -0.0349. The molecule has 1 aliphatic rings. The molecule has 1 N–H and O–H groups in total. The standard InChI is InChI=1S/C6H9F2NO3/c7-5(8)4-3-9(6(10)11)1-2-12-4/h4-5H,1-3H2,(H,10,11)/t4-/m0/s1. The minimum atomic E-state index is -2.62. The average molecular weight is 181 g/mol. The Bertz CT molecular complexity index is 176. The molecule has 0 bridgehead atoms. The van der Waals surface area contributed by atoms with E-state index in [1.807, 2.05) is 0 Å². The third-order valence-electron chi connectivity index (χ3n) is 1.65. The number of carbonyl (C=O) groups is 1. The van der Waals surface area contributed by atoms with Crippen LogP contribution in [0.1, 0.15) is 0 Å². The van der Waals surface area contributed by atoms with Crippen molar-refractivity contribution < 1.29 is 23.4 Å². The molecule has 0 unspecified atom stereocenters. The van der Waals surface area contributed by atoms with Gasteiger partial charge in [-0.2, -0.15) is 0 Å². The molecule has 12 heavy (non-hydrogen) atoms. The number of morpholine rings is 1. The highest BCUT2D eigenvalue weighted by Gasteiger charge is 2.29.